The van der Waals surface area contributed by atoms with Crippen molar-refractivity contribution in [1.29, 1.82) is 0 Å². The molecule has 3 rings (SSSR count). The molecule has 1 amide bonds. The van der Waals surface area contributed by atoms with Gasteiger partial charge in [-0.2, -0.15) is 5.10 Å². The summed E-state index contributed by atoms with van der Waals surface area (Å²) in [6, 6.07) is 1.83. The Kier molecular flexibility index (Phi) is 4.70. The zero-order valence-corrected chi connectivity index (χ0v) is 15.4. The van der Waals surface area contributed by atoms with Crippen molar-refractivity contribution in [2.75, 3.05) is 32.4 Å². The lowest BCUT2D eigenvalue weighted by Crippen LogP contribution is -2.40. The molecule has 1 atom stereocenters. The molecular formula is C16H26N4O3S. The number of sulfonamides is 1. The molecule has 3 heterocycles. The molecule has 24 heavy (non-hydrogen) atoms. The van der Waals surface area contributed by atoms with E-state index in [1.807, 2.05) is 17.9 Å². The molecule has 2 aliphatic heterocycles. The molecule has 1 aromatic heterocycles. The molecule has 1 unspecified atom stereocenters. The summed E-state index contributed by atoms with van der Waals surface area (Å²) in [7, 11) is -1.28. The van der Waals surface area contributed by atoms with Crippen molar-refractivity contribution in [1.82, 2.24) is 19.0 Å². The van der Waals surface area contributed by atoms with Crippen LogP contribution < -0.4 is 0 Å². The second kappa shape index (κ2) is 6.48. The van der Waals surface area contributed by atoms with Crippen LogP contribution in [0.5, 0.6) is 0 Å². The first kappa shape index (κ1) is 17.4. The van der Waals surface area contributed by atoms with E-state index in [4.69, 9.17) is 0 Å². The first-order valence-corrected chi connectivity index (χ1v) is 10.4. The van der Waals surface area contributed by atoms with E-state index in [2.05, 4.69) is 5.10 Å². The second-order valence-corrected chi connectivity index (χ2v) is 9.08. The Labute approximate surface area is 143 Å². The van der Waals surface area contributed by atoms with Crippen LogP contribution in [0.3, 0.4) is 0 Å². The number of piperidine rings is 1. The first-order chi connectivity index (χ1) is 11.3. The van der Waals surface area contributed by atoms with Crippen LogP contribution >= 0.6 is 0 Å². The van der Waals surface area contributed by atoms with E-state index >= 15 is 0 Å². The SMILES string of the molecule is Cc1cc(C(=O)N2CCC(C3CCN(S(C)(=O)=O)CC3)C2)n(C)n1. The van der Waals surface area contributed by atoms with Gasteiger partial charge in [-0.15, -0.1) is 0 Å². The van der Waals surface area contributed by atoms with Crippen molar-refractivity contribution < 1.29 is 13.2 Å². The Balaban J connectivity index is 1.58. The summed E-state index contributed by atoms with van der Waals surface area (Å²) in [6.45, 7) is 4.65. The molecule has 1 aromatic rings. The third kappa shape index (κ3) is 3.49. The molecule has 2 saturated heterocycles. The maximum Gasteiger partial charge on any atom is 0.272 e. The van der Waals surface area contributed by atoms with Gasteiger partial charge in [0.1, 0.15) is 5.69 Å². The van der Waals surface area contributed by atoms with E-state index in [-0.39, 0.29) is 5.91 Å². The van der Waals surface area contributed by atoms with Crippen molar-refractivity contribution >= 4 is 15.9 Å². The molecule has 0 spiro atoms. The van der Waals surface area contributed by atoms with Crippen molar-refractivity contribution in [2.45, 2.75) is 26.2 Å². The maximum absolute atomic E-state index is 12.7. The van der Waals surface area contributed by atoms with Crippen LogP contribution in [0, 0.1) is 18.8 Å². The lowest BCUT2D eigenvalue weighted by Gasteiger charge is -2.33. The van der Waals surface area contributed by atoms with Gasteiger partial charge in [-0.1, -0.05) is 0 Å². The van der Waals surface area contributed by atoms with Crippen LogP contribution in [0.2, 0.25) is 0 Å². The van der Waals surface area contributed by atoms with Crippen LogP contribution in [-0.2, 0) is 17.1 Å². The van der Waals surface area contributed by atoms with Crippen LogP contribution in [0.4, 0.5) is 0 Å². The highest BCUT2D eigenvalue weighted by Crippen LogP contribution is 2.33. The minimum atomic E-state index is -3.08. The molecule has 0 radical (unpaired) electrons. The van der Waals surface area contributed by atoms with Gasteiger partial charge in [0.25, 0.3) is 5.91 Å². The fourth-order valence-corrected chi connectivity index (χ4v) is 4.88. The molecule has 0 N–H and O–H groups in total. The smallest absolute Gasteiger partial charge is 0.272 e. The summed E-state index contributed by atoms with van der Waals surface area (Å²) in [5, 5.41) is 4.25. The molecule has 0 bridgehead atoms. The quantitative estimate of drug-likeness (QED) is 0.807. The standard InChI is InChI=1S/C16H26N4O3S/c1-12-10-15(18(2)17-12)16(21)19-7-4-14(11-19)13-5-8-20(9-6-13)24(3,22)23/h10,13-14H,4-9,11H2,1-3H3. The van der Waals surface area contributed by atoms with Gasteiger partial charge >= 0.3 is 0 Å². The average molecular weight is 354 g/mol. The predicted molar refractivity (Wildman–Crippen MR) is 91.1 cm³/mol. The van der Waals surface area contributed by atoms with Gasteiger partial charge in [0, 0.05) is 33.2 Å². The molecule has 0 aliphatic carbocycles. The number of aromatic nitrogens is 2. The zero-order chi connectivity index (χ0) is 17.5. The number of aryl methyl sites for hydroxylation is 2. The number of rotatable bonds is 3. The lowest BCUT2D eigenvalue weighted by molar-refractivity contribution is 0.0767. The van der Waals surface area contributed by atoms with Crippen molar-refractivity contribution in [3.63, 3.8) is 0 Å². The molecule has 0 saturated carbocycles. The van der Waals surface area contributed by atoms with Crippen molar-refractivity contribution in [3.05, 3.63) is 17.5 Å². The van der Waals surface area contributed by atoms with Crippen molar-refractivity contribution in [3.8, 4) is 0 Å². The number of hydrogen-bond acceptors (Lipinski definition) is 4. The first-order valence-electron chi connectivity index (χ1n) is 8.50. The number of carbonyl (C=O) groups excluding carboxylic acids is 1. The number of hydrogen-bond donors (Lipinski definition) is 0. The molecular weight excluding hydrogens is 328 g/mol. The van der Waals surface area contributed by atoms with Gasteiger partial charge in [0.05, 0.1) is 11.9 Å². The third-order valence-corrected chi connectivity index (χ3v) is 6.67. The van der Waals surface area contributed by atoms with Crippen LogP contribution in [-0.4, -0.2) is 65.7 Å². The van der Waals surface area contributed by atoms with E-state index in [0.29, 0.717) is 30.6 Å². The zero-order valence-electron chi connectivity index (χ0n) is 14.6. The normalized spacial score (nSPS) is 23.8. The Morgan fingerprint density at radius 1 is 1.17 bits per heavy atom. The summed E-state index contributed by atoms with van der Waals surface area (Å²) in [6.07, 6.45) is 4.07. The molecule has 7 nitrogen and oxygen atoms in total. The Morgan fingerprint density at radius 3 is 2.33 bits per heavy atom. The number of amides is 1. The number of nitrogens with zero attached hydrogens (tertiary/aromatic N) is 4. The third-order valence-electron chi connectivity index (χ3n) is 5.37. The van der Waals surface area contributed by atoms with Gasteiger partial charge in [-0.05, 0) is 44.1 Å². The topological polar surface area (TPSA) is 75.5 Å². The summed E-state index contributed by atoms with van der Waals surface area (Å²) in [5.41, 5.74) is 1.49. The van der Waals surface area contributed by atoms with Crippen molar-refractivity contribution in [2.24, 2.45) is 18.9 Å². The lowest BCUT2D eigenvalue weighted by atomic mass is 9.84. The fourth-order valence-electron chi connectivity index (χ4n) is 4.01. The maximum atomic E-state index is 12.7. The molecule has 8 heteroatoms. The van der Waals surface area contributed by atoms with Crippen LogP contribution in [0.15, 0.2) is 6.07 Å². The summed E-state index contributed by atoms with van der Waals surface area (Å²) >= 11 is 0. The minimum Gasteiger partial charge on any atom is -0.337 e. The van der Waals surface area contributed by atoms with E-state index in [9.17, 15) is 13.2 Å². The fraction of sp³-hybridized carbons (Fsp3) is 0.750. The second-order valence-electron chi connectivity index (χ2n) is 7.09. The van der Waals surface area contributed by atoms with Gasteiger partial charge in [-0.3, -0.25) is 9.48 Å². The van der Waals surface area contributed by atoms with Gasteiger partial charge < -0.3 is 4.90 Å². The largest absolute Gasteiger partial charge is 0.337 e. The van der Waals surface area contributed by atoms with Gasteiger partial charge in [-0.25, -0.2) is 12.7 Å². The van der Waals surface area contributed by atoms with Crippen LogP contribution in [0.25, 0.3) is 0 Å². The number of likely N-dealkylation sites (tertiary alicyclic amines) is 1. The summed E-state index contributed by atoms with van der Waals surface area (Å²) in [5.74, 6) is 1.04. The van der Waals surface area contributed by atoms with Crippen LogP contribution in [0.1, 0.15) is 35.4 Å². The summed E-state index contributed by atoms with van der Waals surface area (Å²) in [4.78, 5) is 14.6. The minimum absolute atomic E-state index is 0.0502. The predicted octanol–water partition coefficient (Wildman–Crippen LogP) is 0.862. The van der Waals surface area contributed by atoms with E-state index in [1.165, 1.54) is 6.26 Å². The Bertz CT molecular complexity index is 720. The molecule has 2 aliphatic rings. The molecule has 0 aromatic carbocycles. The number of carbonyl (C=O) groups is 1. The monoisotopic (exact) mass is 354 g/mol. The molecule has 2 fully saturated rings. The highest BCUT2D eigenvalue weighted by atomic mass is 32.2. The van der Waals surface area contributed by atoms with Gasteiger partial charge in [0.2, 0.25) is 10.0 Å². The Hall–Kier alpha value is -1.41. The Morgan fingerprint density at radius 2 is 1.79 bits per heavy atom. The van der Waals surface area contributed by atoms with Gasteiger partial charge in [0.15, 0.2) is 0 Å². The summed E-state index contributed by atoms with van der Waals surface area (Å²) < 4.78 is 26.4. The highest BCUT2D eigenvalue weighted by molar-refractivity contribution is 7.88. The molecule has 134 valence electrons. The van der Waals surface area contributed by atoms with E-state index in [0.717, 1.165) is 38.0 Å². The van der Waals surface area contributed by atoms with E-state index in [1.54, 1.807) is 16.0 Å². The average Bonchev–Trinajstić information content (AvgIpc) is 3.12. The highest BCUT2D eigenvalue weighted by Gasteiger charge is 2.35. The van der Waals surface area contributed by atoms with E-state index < -0.39 is 10.0 Å².